The number of nitrogens with two attached hydrogens (primary N) is 2. The number of nitrogen functional groups attached to an aromatic ring is 1. The molecule has 0 spiro atoms. The van der Waals surface area contributed by atoms with Crippen LogP contribution in [0.25, 0.3) is 0 Å². The van der Waals surface area contributed by atoms with Gasteiger partial charge in [-0.1, -0.05) is 0 Å². The Bertz CT molecular complexity index is 389. The monoisotopic (exact) mass is 254 g/mol. The Morgan fingerprint density at radius 1 is 1.50 bits per heavy atom. The summed E-state index contributed by atoms with van der Waals surface area (Å²) in [6.45, 7) is -0.356. The van der Waals surface area contributed by atoms with Gasteiger partial charge in [-0.15, -0.1) is 0 Å². The summed E-state index contributed by atoms with van der Waals surface area (Å²) < 4.78 is 39.2. The minimum atomic E-state index is -4.25. The van der Waals surface area contributed by atoms with Crippen molar-refractivity contribution in [2.75, 3.05) is 17.6 Å². The third-order valence-corrected chi connectivity index (χ3v) is 2.48. The van der Waals surface area contributed by atoms with E-state index < -0.39 is 18.5 Å². The van der Waals surface area contributed by atoms with Gasteiger partial charge in [0, 0.05) is 6.54 Å². The zero-order chi connectivity index (χ0) is 12.3. The van der Waals surface area contributed by atoms with Crippen molar-refractivity contribution in [2.24, 2.45) is 5.73 Å². The smallest absolute Gasteiger partial charge is 0.382 e. The lowest BCUT2D eigenvalue weighted by Crippen LogP contribution is -2.17. The maximum absolute atomic E-state index is 11.9. The molecule has 0 saturated carbocycles. The first kappa shape index (κ1) is 12.6. The van der Waals surface area contributed by atoms with Crippen LogP contribution < -0.4 is 16.8 Å². The number of halogens is 3. The fourth-order valence-electron chi connectivity index (χ4n) is 0.979. The van der Waals surface area contributed by atoms with Crippen LogP contribution in [-0.4, -0.2) is 23.0 Å². The SMILES string of the molecule is NC(=O)c1c(N)nsc1NCCC(F)(F)F. The predicted molar refractivity (Wildman–Crippen MR) is 54.2 cm³/mol. The summed E-state index contributed by atoms with van der Waals surface area (Å²) in [5, 5.41) is 2.59. The number of aromatic nitrogens is 1. The topological polar surface area (TPSA) is 94.0 Å². The van der Waals surface area contributed by atoms with Crippen LogP contribution in [-0.2, 0) is 0 Å². The fourth-order valence-corrected chi connectivity index (χ4v) is 1.72. The van der Waals surface area contributed by atoms with Crippen LogP contribution in [0.1, 0.15) is 16.8 Å². The standard InChI is InChI=1S/C7H9F3N4OS/c8-7(9,10)1-2-13-6-3(5(12)15)4(11)14-16-6/h13H,1-2H2,(H2,11,14)(H2,12,15). The molecule has 1 heterocycles. The maximum atomic E-state index is 11.9. The molecule has 90 valence electrons. The van der Waals surface area contributed by atoms with Crippen LogP contribution in [0.2, 0.25) is 0 Å². The number of hydrogen-bond donors (Lipinski definition) is 3. The van der Waals surface area contributed by atoms with Crippen LogP contribution in [0, 0.1) is 0 Å². The molecule has 0 aliphatic heterocycles. The van der Waals surface area contributed by atoms with Gasteiger partial charge >= 0.3 is 6.18 Å². The quantitative estimate of drug-likeness (QED) is 0.752. The molecule has 1 amide bonds. The van der Waals surface area contributed by atoms with Gasteiger partial charge in [-0.05, 0) is 11.5 Å². The molecule has 0 unspecified atom stereocenters. The molecule has 16 heavy (non-hydrogen) atoms. The molecular formula is C7H9F3N4OS. The molecule has 1 aromatic heterocycles. The Hall–Kier alpha value is -1.51. The van der Waals surface area contributed by atoms with Crippen LogP contribution in [0.5, 0.6) is 0 Å². The van der Waals surface area contributed by atoms with Crippen molar-refractivity contribution in [3.05, 3.63) is 5.56 Å². The Morgan fingerprint density at radius 2 is 2.12 bits per heavy atom. The average molecular weight is 254 g/mol. The minimum absolute atomic E-state index is 0.0628. The van der Waals surface area contributed by atoms with Gasteiger partial charge in [0.05, 0.1) is 6.42 Å². The predicted octanol–water partition coefficient (Wildman–Crippen LogP) is 1.19. The number of carbonyl (C=O) groups excluding carboxylic acids is 1. The summed E-state index contributed by atoms with van der Waals surface area (Å²) in [7, 11) is 0. The molecule has 0 atom stereocenters. The van der Waals surface area contributed by atoms with E-state index in [0.29, 0.717) is 0 Å². The molecule has 0 aliphatic carbocycles. The van der Waals surface area contributed by atoms with Gasteiger partial charge in [0.2, 0.25) is 0 Å². The Morgan fingerprint density at radius 3 is 2.62 bits per heavy atom. The molecule has 0 bridgehead atoms. The zero-order valence-electron chi connectivity index (χ0n) is 7.97. The molecular weight excluding hydrogens is 245 g/mol. The summed E-state index contributed by atoms with van der Waals surface area (Å²) in [5.74, 6) is -0.896. The Kier molecular flexibility index (Phi) is 3.58. The van der Waals surface area contributed by atoms with Crippen LogP contribution in [0.3, 0.4) is 0 Å². The molecule has 5 nitrogen and oxygen atoms in total. The number of primary amides is 1. The summed E-state index contributed by atoms with van der Waals surface area (Å²) in [6, 6.07) is 0. The van der Waals surface area contributed by atoms with Gasteiger partial charge in [0.1, 0.15) is 10.6 Å². The highest BCUT2D eigenvalue weighted by molar-refractivity contribution is 7.11. The molecule has 0 fully saturated rings. The van der Waals surface area contributed by atoms with Gasteiger partial charge in [0.15, 0.2) is 5.82 Å². The van der Waals surface area contributed by atoms with E-state index >= 15 is 0 Å². The summed E-state index contributed by atoms with van der Waals surface area (Å²) >= 11 is 0.801. The van der Waals surface area contributed by atoms with Crippen LogP contribution in [0.4, 0.5) is 24.0 Å². The largest absolute Gasteiger partial charge is 0.390 e. The van der Waals surface area contributed by atoms with Crippen molar-refractivity contribution >= 4 is 28.3 Å². The van der Waals surface area contributed by atoms with E-state index in [9.17, 15) is 18.0 Å². The highest BCUT2D eigenvalue weighted by Gasteiger charge is 2.26. The van der Waals surface area contributed by atoms with E-state index in [-0.39, 0.29) is 22.9 Å². The third-order valence-electron chi connectivity index (χ3n) is 1.66. The van der Waals surface area contributed by atoms with Crippen molar-refractivity contribution in [1.82, 2.24) is 4.37 Å². The lowest BCUT2D eigenvalue weighted by molar-refractivity contribution is -0.131. The van der Waals surface area contributed by atoms with E-state index in [4.69, 9.17) is 11.5 Å². The van der Waals surface area contributed by atoms with Crippen molar-refractivity contribution in [1.29, 1.82) is 0 Å². The lowest BCUT2D eigenvalue weighted by Gasteiger charge is -2.07. The number of hydrogen-bond acceptors (Lipinski definition) is 5. The van der Waals surface area contributed by atoms with Crippen molar-refractivity contribution in [3.63, 3.8) is 0 Å². The number of amides is 1. The third kappa shape index (κ3) is 3.26. The number of nitrogens with one attached hydrogen (secondary N) is 1. The molecule has 0 aliphatic rings. The first-order valence-electron chi connectivity index (χ1n) is 4.17. The number of rotatable bonds is 4. The molecule has 1 rings (SSSR count). The second-order valence-electron chi connectivity index (χ2n) is 2.93. The van der Waals surface area contributed by atoms with E-state index in [2.05, 4.69) is 9.69 Å². The van der Waals surface area contributed by atoms with Crippen molar-refractivity contribution in [3.8, 4) is 0 Å². The highest BCUT2D eigenvalue weighted by atomic mass is 32.1. The average Bonchev–Trinajstić information content (AvgIpc) is 2.44. The van der Waals surface area contributed by atoms with Gasteiger partial charge < -0.3 is 16.8 Å². The van der Waals surface area contributed by atoms with Gasteiger partial charge in [0.25, 0.3) is 5.91 Å². The van der Waals surface area contributed by atoms with E-state index in [1.165, 1.54) is 0 Å². The van der Waals surface area contributed by atoms with Crippen LogP contribution in [0.15, 0.2) is 0 Å². The summed E-state index contributed by atoms with van der Waals surface area (Å²) in [6.07, 6.45) is -5.26. The molecule has 0 radical (unpaired) electrons. The van der Waals surface area contributed by atoms with Gasteiger partial charge in [-0.25, -0.2) is 0 Å². The molecule has 0 saturated heterocycles. The van der Waals surface area contributed by atoms with E-state index in [1.54, 1.807) is 0 Å². The maximum Gasteiger partial charge on any atom is 0.390 e. The molecule has 1 aromatic rings. The molecule has 0 aromatic carbocycles. The van der Waals surface area contributed by atoms with Gasteiger partial charge in [-0.2, -0.15) is 17.5 Å². The first-order chi connectivity index (χ1) is 7.31. The first-order valence-corrected chi connectivity index (χ1v) is 4.94. The number of alkyl halides is 3. The Labute approximate surface area is 92.8 Å². The lowest BCUT2D eigenvalue weighted by atomic mass is 10.3. The fraction of sp³-hybridized carbons (Fsp3) is 0.429. The van der Waals surface area contributed by atoms with E-state index in [0.717, 1.165) is 11.5 Å². The normalized spacial score (nSPS) is 11.4. The summed E-state index contributed by atoms with van der Waals surface area (Å²) in [4.78, 5) is 10.9. The van der Waals surface area contributed by atoms with Crippen molar-refractivity contribution < 1.29 is 18.0 Å². The van der Waals surface area contributed by atoms with Crippen LogP contribution >= 0.6 is 11.5 Å². The second-order valence-corrected chi connectivity index (χ2v) is 3.70. The van der Waals surface area contributed by atoms with Crippen molar-refractivity contribution in [2.45, 2.75) is 12.6 Å². The number of anilines is 2. The number of nitrogens with zero attached hydrogens (tertiary/aromatic N) is 1. The minimum Gasteiger partial charge on any atom is -0.382 e. The summed E-state index contributed by atoms with van der Waals surface area (Å²) in [5.41, 5.74) is 10.3. The zero-order valence-corrected chi connectivity index (χ0v) is 8.78. The molecule has 5 N–H and O–H groups in total. The molecule has 9 heteroatoms. The highest BCUT2D eigenvalue weighted by Crippen LogP contribution is 2.27. The number of carbonyl (C=O) groups is 1. The van der Waals surface area contributed by atoms with E-state index in [1.807, 2.05) is 0 Å². The van der Waals surface area contributed by atoms with Gasteiger partial charge in [-0.3, -0.25) is 4.79 Å². The Balaban J connectivity index is 2.64. The second kappa shape index (κ2) is 4.56.